The van der Waals surface area contributed by atoms with E-state index in [0.29, 0.717) is 0 Å². The summed E-state index contributed by atoms with van der Waals surface area (Å²) in [5.41, 5.74) is 5.67. The van der Waals surface area contributed by atoms with E-state index < -0.39 is 29.2 Å². The first-order chi connectivity index (χ1) is 12.8. The molecule has 3 atom stereocenters. The number of fused-ring (bicyclic) bond motifs is 1. The summed E-state index contributed by atoms with van der Waals surface area (Å²) in [4.78, 5) is 46.6. The normalized spacial score (nSPS) is 24.6. The molecule has 27 heavy (non-hydrogen) atoms. The van der Waals surface area contributed by atoms with Crippen LogP contribution in [0.5, 0.6) is 0 Å². The molecular formula is C15H17N5O5S2. The Bertz CT molecular complexity index is 851. The fourth-order valence-electron chi connectivity index (χ4n) is 2.67. The fraction of sp³-hybridized carbons (Fsp3) is 0.400. The van der Waals surface area contributed by atoms with E-state index in [1.165, 1.54) is 22.7 Å². The van der Waals surface area contributed by atoms with E-state index in [0.717, 1.165) is 11.3 Å². The molecular weight excluding hydrogens is 394 g/mol. The molecule has 1 fully saturated rings. The number of β-lactam (4-membered cyclic amide) rings is 1. The summed E-state index contributed by atoms with van der Waals surface area (Å²) in [6.45, 7) is 3.78. The van der Waals surface area contributed by atoms with Gasteiger partial charge in [0.2, 0.25) is 0 Å². The second-order valence-corrected chi connectivity index (χ2v) is 8.07. The molecule has 2 aliphatic heterocycles. The molecule has 12 heteroatoms. The lowest BCUT2D eigenvalue weighted by Crippen LogP contribution is -2.71. The molecule has 3 rings (SSSR count). The van der Waals surface area contributed by atoms with E-state index in [-0.39, 0.29) is 34.1 Å². The molecule has 1 saturated heterocycles. The number of nitrogens with zero attached hydrogens (tertiary/aromatic N) is 3. The van der Waals surface area contributed by atoms with Gasteiger partial charge in [0.15, 0.2) is 10.8 Å². The molecule has 2 amide bonds. The first-order valence-corrected chi connectivity index (χ1v) is 9.81. The van der Waals surface area contributed by atoms with Crippen molar-refractivity contribution in [3.05, 3.63) is 22.8 Å². The van der Waals surface area contributed by atoms with Crippen molar-refractivity contribution in [2.24, 2.45) is 5.16 Å². The van der Waals surface area contributed by atoms with Crippen LogP contribution in [0.4, 0.5) is 5.13 Å². The predicted molar refractivity (Wildman–Crippen MR) is 100 cm³/mol. The topological polar surface area (TPSA) is 147 Å². The Balaban J connectivity index is 1.78. The number of anilines is 1. The highest BCUT2D eigenvalue weighted by molar-refractivity contribution is 8.00. The number of aromatic nitrogens is 1. The van der Waals surface area contributed by atoms with Gasteiger partial charge in [-0.3, -0.25) is 14.5 Å². The number of nitrogens with one attached hydrogen (secondary N) is 1. The van der Waals surface area contributed by atoms with Gasteiger partial charge in [0.05, 0.1) is 0 Å². The molecule has 0 aliphatic carbocycles. The fourth-order valence-corrected chi connectivity index (χ4v) is 4.54. The average molecular weight is 411 g/mol. The Morgan fingerprint density at radius 1 is 1.52 bits per heavy atom. The molecule has 2 aliphatic rings. The van der Waals surface area contributed by atoms with Gasteiger partial charge in [-0.15, -0.1) is 23.1 Å². The number of amides is 2. The number of nitrogen functional groups attached to an aromatic ring is 1. The molecule has 0 aromatic carbocycles. The molecule has 10 nitrogen and oxygen atoms in total. The average Bonchev–Trinajstić information content (AvgIpc) is 3.05. The van der Waals surface area contributed by atoms with Crippen LogP contribution in [-0.4, -0.2) is 61.8 Å². The largest absolute Gasteiger partial charge is 0.477 e. The number of nitrogens with two attached hydrogens (primary N) is 1. The third kappa shape index (κ3) is 3.62. The zero-order chi connectivity index (χ0) is 19.7. The number of thioether (sulfide) groups is 1. The van der Waals surface area contributed by atoms with Crippen LogP contribution in [0.25, 0.3) is 0 Å². The molecule has 4 N–H and O–H groups in total. The highest BCUT2D eigenvalue weighted by atomic mass is 32.2. The van der Waals surface area contributed by atoms with Gasteiger partial charge in [-0.1, -0.05) is 5.16 Å². The van der Waals surface area contributed by atoms with Crippen molar-refractivity contribution in [1.29, 1.82) is 0 Å². The van der Waals surface area contributed by atoms with Crippen molar-refractivity contribution >= 4 is 51.7 Å². The van der Waals surface area contributed by atoms with Crippen LogP contribution in [-0.2, 0) is 19.2 Å². The SMILES string of the molecule is CCON=C(C(=O)NC1C(=O)N2C(C(=O)O)=CC(C)S[C@@H]12)c1csc(N)n1. The van der Waals surface area contributed by atoms with Gasteiger partial charge in [0.1, 0.15) is 29.4 Å². The van der Waals surface area contributed by atoms with E-state index in [1.807, 2.05) is 6.92 Å². The summed E-state index contributed by atoms with van der Waals surface area (Å²) in [7, 11) is 0. The second-order valence-electron chi connectivity index (χ2n) is 5.68. The molecule has 0 radical (unpaired) electrons. The number of rotatable bonds is 6. The highest BCUT2D eigenvalue weighted by Gasteiger charge is 2.54. The van der Waals surface area contributed by atoms with E-state index in [1.54, 1.807) is 12.3 Å². The van der Waals surface area contributed by atoms with Crippen molar-refractivity contribution in [2.75, 3.05) is 12.3 Å². The summed E-state index contributed by atoms with van der Waals surface area (Å²) in [6.07, 6.45) is 1.51. The summed E-state index contributed by atoms with van der Waals surface area (Å²) in [5, 5.41) is 16.9. The standard InChI is InChI=1S/C15H17N5O5S2/c1-3-25-19-9(7-5-26-15(16)17-7)11(21)18-10-12(22)20-8(14(23)24)4-6(2)27-13(10)20/h4-6,10,13H,3H2,1-2H3,(H2,16,17)(H,18,21)(H,23,24)/t6?,10?,13-/m0/s1. The summed E-state index contributed by atoms with van der Waals surface area (Å²) >= 11 is 2.53. The number of carboxylic acid groups (broad SMARTS) is 1. The smallest absolute Gasteiger partial charge is 0.352 e. The third-order valence-electron chi connectivity index (χ3n) is 3.82. The Labute approximate surface area is 162 Å². The quantitative estimate of drug-likeness (QED) is 0.342. The van der Waals surface area contributed by atoms with Crippen molar-refractivity contribution in [2.45, 2.75) is 30.5 Å². The number of oxime groups is 1. The molecule has 1 aromatic rings. The highest BCUT2D eigenvalue weighted by Crippen LogP contribution is 2.40. The molecule has 3 heterocycles. The van der Waals surface area contributed by atoms with E-state index in [4.69, 9.17) is 10.6 Å². The maximum atomic E-state index is 12.7. The summed E-state index contributed by atoms with van der Waals surface area (Å²) in [5.74, 6) is -2.32. The third-order valence-corrected chi connectivity index (χ3v) is 5.82. The van der Waals surface area contributed by atoms with E-state index >= 15 is 0 Å². The maximum Gasteiger partial charge on any atom is 0.352 e. The second kappa shape index (κ2) is 7.56. The van der Waals surface area contributed by atoms with Crippen LogP contribution < -0.4 is 11.1 Å². The van der Waals surface area contributed by atoms with Crippen LogP contribution >= 0.6 is 23.1 Å². The van der Waals surface area contributed by atoms with Crippen molar-refractivity contribution in [1.82, 2.24) is 15.2 Å². The predicted octanol–water partition coefficient (Wildman–Crippen LogP) is 0.223. The van der Waals surface area contributed by atoms with Gasteiger partial charge in [0, 0.05) is 10.6 Å². The zero-order valence-corrected chi connectivity index (χ0v) is 16.0. The summed E-state index contributed by atoms with van der Waals surface area (Å²) in [6, 6.07) is -0.865. The van der Waals surface area contributed by atoms with Gasteiger partial charge < -0.3 is 21.0 Å². The lowest BCUT2D eigenvalue weighted by Gasteiger charge is -2.49. The molecule has 0 bridgehead atoms. The van der Waals surface area contributed by atoms with Gasteiger partial charge in [0.25, 0.3) is 11.8 Å². The number of aliphatic carboxylic acids is 1. The number of carboxylic acids is 1. The Kier molecular flexibility index (Phi) is 5.37. The molecule has 144 valence electrons. The van der Waals surface area contributed by atoms with E-state index in [9.17, 15) is 19.5 Å². The molecule has 2 unspecified atom stereocenters. The Morgan fingerprint density at radius 3 is 2.85 bits per heavy atom. The van der Waals surface area contributed by atoms with Crippen molar-refractivity contribution < 1.29 is 24.3 Å². The first kappa shape index (κ1) is 19.2. The number of hydrogen-bond donors (Lipinski definition) is 3. The first-order valence-electron chi connectivity index (χ1n) is 7.99. The van der Waals surface area contributed by atoms with Crippen LogP contribution in [0.2, 0.25) is 0 Å². The number of carbonyl (C=O) groups is 3. The van der Waals surface area contributed by atoms with Crippen LogP contribution in [0.3, 0.4) is 0 Å². The lowest BCUT2D eigenvalue weighted by atomic mass is 10.0. The van der Waals surface area contributed by atoms with Gasteiger partial charge in [-0.05, 0) is 19.9 Å². The van der Waals surface area contributed by atoms with Crippen LogP contribution in [0.1, 0.15) is 19.5 Å². The maximum absolute atomic E-state index is 12.7. The van der Waals surface area contributed by atoms with Gasteiger partial charge >= 0.3 is 5.97 Å². The monoisotopic (exact) mass is 411 g/mol. The number of hydrogen-bond acceptors (Lipinski definition) is 9. The molecule has 0 spiro atoms. The van der Waals surface area contributed by atoms with Gasteiger partial charge in [-0.25, -0.2) is 9.78 Å². The number of thiazole rings is 1. The zero-order valence-electron chi connectivity index (χ0n) is 14.4. The van der Waals surface area contributed by atoms with Crippen LogP contribution in [0, 0.1) is 0 Å². The van der Waals surface area contributed by atoms with Crippen LogP contribution in [0.15, 0.2) is 22.3 Å². The minimum Gasteiger partial charge on any atom is -0.477 e. The molecule has 1 aromatic heterocycles. The van der Waals surface area contributed by atoms with E-state index in [2.05, 4.69) is 15.5 Å². The van der Waals surface area contributed by atoms with Gasteiger partial charge in [-0.2, -0.15) is 0 Å². The Hall–Kier alpha value is -2.60. The molecule has 0 saturated carbocycles. The minimum atomic E-state index is -1.18. The lowest BCUT2D eigenvalue weighted by molar-refractivity contribution is -0.150. The summed E-state index contributed by atoms with van der Waals surface area (Å²) < 4.78 is 0. The number of carbonyl (C=O) groups excluding carboxylic acids is 2. The van der Waals surface area contributed by atoms with Crippen molar-refractivity contribution in [3.63, 3.8) is 0 Å². The Morgan fingerprint density at radius 2 is 2.26 bits per heavy atom. The minimum absolute atomic E-state index is 0.0720. The van der Waals surface area contributed by atoms with Crippen molar-refractivity contribution in [3.8, 4) is 0 Å².